The third-order valence-corrected chi connectivity index (χ3v) is 13.2. The molecule has 3 fully saturated rings. The normalized spacial score (nSPS) is 19.4. The number of halogens is 2. The van der Waals surface area contributed by atoms with Crippen molar-refractivity contribution in [2.75, 3.05) is 42.8 Å². The number of anilines is 2. The quantitative estimate of drug-likeness (QED) is 0.0616. The molecule has 0 aliphatic carbocycles. The van der Waals surface area contributed by atoms with Crippen molar-refractivity contribution in [3.63, 3.8) is 0 Å². The molecule has 0 spiro atoms. The van der Waals surface area contributed by atoms with Crippen molar-refractivity contribution < 1.29 is 36.4 Å². The summed E-state index contributed by atoms with van der Waals surface area (Å²) in [7, 11) is -4.19. The predicted octanol–water partition coefficient (Wildman–Crippen LogP) is 4.82. The Morgan fingerprint density at radius 1 is 0.952 bits per heavy atom. The van der Waals surface area contributed by atoms with Gasteiger partial charge in [0.15, 0.2) is 11.6 Å². The Morgan fingerprint density at radius 2 is 1.70 bits per heavy atom. The lowest BCUT2D eigenvalue weighted by atomic mass is 9.73. The van der Waals surface area contributed by atoms with E-state index in [0.717, 1.165) is 49.2 Å². The maximum absolute atomic E-state index is 15.7. The maximum atomic E-state index is 15.7. The zero-order valence-electron chi connectivity index (χ0n) is 34.6. The van der Waals surface area contributed by atoms with E-state index in [-0.39, 0.29) is 59.7 Å². The van der Waals surface area contributed by atoms with Crippen LogP contribution in [0, 0.1) is 11.6 Å². The van der Waals surface area contributed by atoms with E-state index in [9.17, 15) is 27.6 Å². The Balaban J connectivity index is 1.00. The zero-order valence-corrected chi connectivity index (χ0v) is 35.4. The maximum Gasteiger partial charge on any atom is 0.299 e. The number of nitrogens with zero attached hydrogens (tertiary/aromatic N) is 4. The summed E-state index contributed by atoms with van der Waals surface area (Å²) >= 11 is 0. The van der Waals surface area contributed by atoms with Gasteiger partial charge in [-0.25, -0.2) is 23.7 Å². The van der Waals surface area contributed by atoms with Crippen molar-refractivity contribution in [3.8, 4) is 11.1 Å². The molecule has 3 saturated heterocycles. The molecular formula is C44H48F2N10O6S. The Kier molecular flexibility index (Phi) is 12.7. The van der Waals surface area contributed by atoms with E-state index in [1.54, 1.807) is 31.6 Å². The molecule has 5 aromatic rings. The minimum Gasteiger partial charge on any atom is -0.374 e. The van der Waals surface area contributed by atoms with Crippen LogP contribution in [0.5, 0.6) is 0 Å². The van der Waals surface area contributed by atoms with Crippen molar-refractivity contribution in [3.05, 3.63) is 101 Å². The number of pyridine rings is 1. The number of amides is 2. The van der Waals surface area contributed by atoms with E-state index in [2.05, 4.69) is 35.5 Å². The van der Waals surface area contributed by atoms with Gasteiger partial charge in [-0.05, 0) is 94.1 Å². The van der Waals surface area contributed by atoms with Gasteiger partial charge >= 0.3 is 0 Å². The number of carbonyl (C=O) groups excluding carboxylic acids is 4. The van der Waals surface area contributed by atoms with Crippen molar-refractivity contribution in [1.29, 1.82) is 0 Å². The molecule has 2 atom stereocenters. The molecule has 330 valence electrons. The minimum absolute atomic E-state index is 0.0135. The zero-order chi connectivity index (χ0) is 44.3. The number of imide groups is 1. The number of aromatic amines is 1. The number of fused-ring (bicyclic) bond motifs is 1. The number of carbonyl (C=O) groups is 4. The summed E-state index contributed by atoms with van der Waals surface area (Å²) in [5.41, 5.74) is 0.605. The molecule has 0 radical (unpaired) electrons. The highest BCUT2D eigenvalue weighted by molar-refractivity contribution is 7.90. The number of rotatable bonds is 15. The predicted molar refractivity (Wildman–Crippen MR) is 231 cm³/mol. The number of Topliss-reactive ketones (excluding diaryl/α,β-unsaturated/α-hetero) is 1. The van der Waals surface area contributed by atoms with Crippen LogP contribution in [0.15, 0.2) is 67.3 Å². The topological polar surface area (TPSA) is 220 Å². The fourth-order valence-electron chi connectivity index (χ4n) is 8.67. The van der Waals surface area contributed by atoms with Crippen molar-refractivity contribution in [2.24, 2.45) is 0 Å². The third-order valence-electron chi connectivity index (χ3n) is 12.1. The van der Waals surface area contributed by atoms with Gasteiger partial charge in [0.1, 0.15) is 23.3 Å². The summed E-state index contributed by atoms with van der Waals surface area (Å²) in [5.74, 6) is -3.71. The smallest absolute Gasteiger partial charge is 0.299 e. The average molecular weight is 883 g/mol. The van der Waals surface area contributed by atoms with Gasteiger partial charge in [-0.2, -0.15) is 13.1 Å². The Hall–Kier alpha value is -6.02. The molecule has 2 amide bonds. The highest BCUT2D eigenvalue weighted by Gasteiger charge is 2.45. The highest BCUT2D eigenvalue weighted by atomic mass is 32.2. The van der Waals surface area contributed by atoms with Crippen LogP contribution in [0.2, 0.25) is 0 Å². The van der Waals surface area contributed by atoms with E-state index in [1.165, 1.54) is 6.20 Å². The van der Waals surface area contributed by atoms with Crippen LogP contribution in [0.1, 0.15) is 91.6 Å². The molecule has 8 rings (SSSR count). The second kappa shape index (κ2) is 18.4. The number of benzene rings is 2. The van der Waals surface area contributed by atoms with Gasteiger partial charge < -0.3 is 15.6 Å². The third kappa shape index (κ3) is 9.22. The highest BCUT2D eigenvalue weighted by Crippen LogP contribution is 2.37. The molecule has 3 aliphatic rings. The lowest BCUT2D eigenvalue weighted by Crippen LogP contribution is -2.51. The van der Waals surface area contributed by atoms with Crippen LogP contribution in [0.4, 0.5) is 20.2 Å². The van der Waals surface area contributed by atoms with E-state index in [0.29, 0.717) is 55.7 Å². The largest absolute Gasteiger partial charge is 0.374 e. The van der Waals surface area contributed by atoms with Crippen molar-refractivity contribution in [1.82, 2.24) is 40.2 Å². The van der Waals surface area contributed by atoms with Crippen LogP contribution in [-0.4, -0.2) is 95.4 Å². The monoisotopic (exact) mass is 882 g/mol. The fourth-order valence-corrected chi connectivity index (χ4v) is 9.67. The van der Waals surface area contributed by atoms with E-state index in [4.69, 9.17) is 9.97 Å². The standard InChI is InChI=1S/C44H48F2N10O6S/c1-2-16-52-63(61,62)55-33-11-10-32(45)38(39(33)46)40(59)31-24-49-41-30(31)20-27(21-48-41)28-22-50-43(51-23-28)44(14-17-47-18-15-44)36(57)25-56-19-4-3-5-35(56)26-6-8-29(9-7-26)53-34-12-13-37(58)54-42(34)60/h6-11,20-24,34-35,47,52-53,55H,2-5,12-19,25H2,1H3,(H,48,49)(H,54,58,60). The van der Waals surface area contributed by atoms with Gasteiger partial charge in [0.05, 0.1) is 23.2 Å². The van der Waals surface area contributed by atoms with E-state index in [1.807, 2.05) is 29.0 Å². The number of ketones is 2. The van der Waals surface area contributed by atoms with E-state index >= 15 is 8.78 Å². The summed E-state index contributed by atoms with van der Waals surface area (Å²) in [5, 5.41) is 9.22. The molecule has 19 heteroatoms. The van der Waals surface area contributed by atoms with Gasteiger partial charge in [0, 0.05) is 71.6 Å². The minimum atomic E-state index is -4.19. The molecule has 0 bridgehead atoms. The Morgan fingerprint density at radius 3 is 2.43 bits per heavy atom. The Labute approximate surface area is 362 Å². The van der Waals surface area contributed by atoms with E-state index < -0.39 is 50.3 Å². The number of likely N-dealkylation sites (tertiary alicyclic amines) is 1. The summed E-state index contributed by atoms with van der Waals surface area (Å²) in [6.45, 7) is 4.02. The first-order valence-electron chi connectivity index (χ1n) is 21.1. The summed E-state index contributed by atoms with van der Waals surface area (Å²) < 4.78 is 59.8. The number of H-pyrrole nitrogens is 1. The lowest BCUT2D eigenvalue weighted by Gasteiger charge is -2.40. The molecule has 2 aromatic carbocycles. The molecular weight excluding hydrogens is 835 g/mol. The van der Waals surface area contributed by atoms with Gasteiger partial charge in [0.25, 0.3) is 10.2 Å². The number of aromatic nitrogens is 4. The second-order valence-electron chi connectivity index (χ2n) is 16.2. The van der Waals surface area contributed by atoms with Gasteiger partial charge in [-0.3, -0.25) is 34.1 Å². The SMILES string of the molecule is CCCNS(=O)(=O)Nc1ccc(F)c(C(=O)c2c[nH]c3ncc(-c4cnc(C5(C(=O)CN6CCCCC6c6ccc(NC7CCC(=O)NC7=O)cc6)CCNCC5)nc4)cc23)c1F. The first kappa shape index (κ1) is 43.6. The molecule has 6 heterocycles. The fraction of sp³-hybridized carbons (Fsp3) is 0.386. The Bertz CT molecular complexity index is 2650. The molecule has 63 heavy (non-hydrogen) atoms. The van der Waals surface area contributed by atoms with Gasteiger partial charge in [-0.1, -0.05) is 25.5 Å². The van der Waals surface area contributed by atoms with Crippen LogP contribution < -0.4 is 25.4 Å². The first-order valence-corrected chi connectivity index (χ1v) is 22.6. The lowest BCUT2D eigenvalue weighted by molar-refractivity contribution is -0.133. The molecule has 3 aromatic heterocycles. The van der Waals surface area contributed by atoms with Crippen LogP contribution in [-0.2, 0) is 30.0 Å². The number of piperidine rings is 3. The van der Waals surface area contributed by atoms with Crippen LogP contribution in [0.25, 0.3) is 22.2 Å². The van der Waals surface area contributed by atoms with Crippen molar-refractivity contribution >= 4 is 56.0 Å². The van der Waals surface area contributed by atoms with Gasteiger partial charge in [-0.15, -0.1) is 0 Å². The first-order chi connectivity index (χ1) is 30.4. The summed E-state index contributed by atoms with van der Waals surface area (Å²) in [6, 6.07) is 10.8. The second-order valence-corrected chi connectivity index (χ2v) is 17.7. The van der Waals surface area contributed by atoms with Gasteiger partial charge in [0.2, 0.25) is 17.6 Å². The molecule has 3 aliphatic heterocycles. The molecule has 16 nitrogen and oxygen atoms in total. The average Bonchev–Trinajstić information content (AvgIpc) is 3.72. The number of nitrogens with one attached hydrogen (secondary N) is 6. The molecule has 6 N–H and O–H groups in total. The number of hydrogen-bond acceptors (Lipinski definition) is 12. The van der Waals surface area contributed by atoms with Crippen LogP contribution in [0.3, 0.4) is 0 Å². The van der Waals surface area contributed by atoms with Crippen molar-refractivity contribution in [2.45, 2.75) is 75.8 Å². The molecule has 2 unspecified atom stereocenters. The summed E-state index contributed by atoms with van der Waals surface area (Å²) in [4.78, 5) is 71.3. The molecule has 0 saturated carbocycles. The summed E-state index contributed by atoms with van der Waals surface area (Å²) in [6.07, 6.45) is 11.1. The van der Waals surface area contributed by atoms with Crippen LogP contribution >= 0.6 is 0 Å². The number of hydrogen-bond donors (Lipinski definition) is 6.